The first kappa shape index (κ1) is 20.3. The van der Waals surface area contributed by atoms with Gasteiger partial charge in [-0.3, -0.25) is 9.78 Å². The Kier molecular flexibility index (Phi) is 6.39. The van der Waals surface area contributed by atoms with Crippen molar-refractivity contribution in [3.8, 4) is 16.9 Å². The van der Waals surface area contributed by atoms with Crippen molar-refractivity contribution in [3.05, 3.63) is 66.6 Å². The number of nitrogens with zero attached hydrogens (tertiary/aromatic N) is 3. The molecule has 1 amide bonds. The minimum absolute atomic E-state index is 0.212. The summed E-state index contributed by atoms with van der Waals surface area (Å²) in [6, 6.07) is 12.4. The predicted molar refractivity (Wildman–Crippen MR) is 110 cm³/mol. The smallest absolute Gasteiger partial charge is 0.328 e. The standard InChI is InChI=1S/C22H24N4O3/c1-15(2)12-19(22(28)29-3)24-21(27)18-14-26(17-9-5-4-6-10-17)25-20(18)16-8-7-11-23-13-16/h4-11,13-15,19H,12H2,1-3H3,(H,24,27). The van der Waals surface area contributed by atoms with Crippen molar-refractivity contribution in [3.63, 3.8) is 0 Å². The summed E-state index contributed by atoms with van der Waals surface area (Å²) in [6.45, 7) is 3.97. The highest BCUT2D eigenvalue weighted by Gasteiger charge is 2.26. The monoisotopic (exact) mass is 392 g/mol. The molecular weight excluding hydrogens is 368 g/mol. The quantitative estimate of drug-likeness (QED) is 0.624. The number of methoxy groups -OCH3 is 1. The number of carbonyl (C=O) groups excluding carboxylic acids is 2. The number of ether oxygens (including phenoxy) is 1. The molecular formula is C22H24N4O3. The van der Waals surface area contributed by atoms with Crippen molar-refractivity contribution < 1.29 is 14.3 Å². The van der Waals surface area contributed by atoms with E-state index < -0.39 is 12.0 Å². The maximum Gasteiger partial charge on any atom is 0.328 e. The number of aromatic nitrogens is 3. The molecule has 1 unspecified atom stereocenters. The number of nitrogens with one attached hydrogen (secondary N) is 1. The van der Waals surface area contributed by atoms with Gasteiger partial charge in [-0.15, -0.1) is 0 Å². The number of hydrogen-bond donors (Lipinski definition) is 1. The molecule has 0 saturated carbocycles. The summed E-state index contributed by atoms with van der Waals surface area (Å²) in [5, 5.41) is 7.41. The molecule has 3 aromatic rings. The van der Waals surface area contributed by atoms with E-state index in [1.807, 2.05) is 50.2 Å². The SMILES string of the molecule is COC(=O)C(CC(C)C)NC(=O)c1cn(-c2ccccc2)nc1-c1cccnc1. The van der Waals surface area contributed by atoms with Crippen LogP contribution in [0.3, 0.4) is 0 Å². The highest BCUT2D eigenvalue weighted by molar-refractivity contribution is 6.01. The number of amides is 1. The summed E-state index contributed by atoms with van der Waals surface area (Å²) < 4.78 is 6.50. The second-order valence-electron chi connectivity index (χ2n) is 7.09. The van der Waals surface area contributed by atoms with Crippen LogP contribution in [0.4, 0.5) is 0 Å². The Balaban J connectivity index is 1.99. The van der Waals surface area contributed by atoms with E-state index >= 15 is 0 Å². The van der Waals surface area contributed by atoms with Gasteiger partial charge in [-0.2, -0.15) is 5.10 Å². The molecule has 0 radical (unpaired) electrons. The van der Waals surface area contributed by atoms with Crippen LogP contribution >= 0.6 is 0 Å². The molecule has 1 aromatic carbocycles. The van der Waals surface area contributed by atoms with Gasteiger partial charge in [0.25, 0.3) is 5.91 Å². The maximum atomic E-state index is 13.1. The molecule has 29 heavy (non-hydrogen) atoms. The first-order valence-corrected chi connectivity index (χ1v) is 9.43. The summed E-state index contributed by atoms with van der Waals surface area (Å²) in [4.78, 5) is 29.4. The van der Waals surface area contributed by atoms with Crippen molar-refractivity contribution in [1.82, 2.24) is 20.1 Å². The summed E-state index contributed by atoms with van der Waals surface area (Å²) in [5.74, 6) is -0.642. The topological polar surface area (TPSA) is 86.1 Å². The van der Waals surface area contributed by atoms with Gasteiger partial charge in [0.1, 0.15) is 11.7 Å². The highest BCUT2D eigenvalue weighted by Crippen LogP contribution is 2.23. The van der Waals surface area contributed by atoms with Crippen LogP contribution in [0.1, 0.15) is 30.6 Å². The maximum absolute atomic E-state index is 13.1. The Labute approximate surface area is 169 Å². The predicted octanol–water partition coefficient (Wildman–Crippen LogP) is 3.25. The normalized spacial score (nSPS) is 11.9. The third kappa shape index (κ3) is 4.87. The Morgan fingerprint density at radius 2 is 1.90 bits per heavy atom. The van der Waals surface area contributed by atoms with Crippen molar-refractivity contribution in [2.24, 2.45) is 5.92 Å². The van der Waals surface area contributed by atoms with Gasteiger partial charge in [0, 0.05) is 24.2 Å². The molecule has 0 fully saturated rings. The number of carbonyl (C=O) groups is 2. The molecule has 2 heterocycles. The van der Waals surface area contributed by atoms with E-state index in [2.05, 4.69) is 15.4 Å². The third-order valence-corrected chi connectivity index (χ3v) is 4.41. The molecule has 7 heteroatoms. The van der Waals surface area contributed by atoms with Crippen LogP contribution in [0, 0.1) is 5.92 Å². The van der Waals surface area contributed by atoms with Crippen LogP contribution < -0.4 is 5.32 Å². The zero-order chi connectivity index (χ0) is 20.8. The van der Waals surface area contributed by atoms with Gasteiger partial charge in [-0.05, 0) is 36.6 Å². The molecule has 0 saturated heterocycles. The van der Waals surface area contributed by atoms with Crippen LogP contribution in [0.25, 0.3) is 16.9 Å². The van der Waals surface area contributed by atoms with Crippen molar-refractivity contribution in [2.75, 3.05) is 7.11 Å². The van der Waals surface area contributed by atoms with Crippen LogP contribution in [0.5, 0.6) is 0 Å². The van der Waals surface area contributed by atoms with E-state index in [0.29, 0.717) is 23.2 Å². The second-order valence-corrected chi connectivity index (χ2v) is 7.09. The van der Waals surface area contributed by atoms with Crippen molar-refractivity contribution in [2.45, 2.75) is 26.3 Å². The Hall–Kier alpha value is -3.48. The zero-order valence-electron chi connectivity index (χ0n) is 16.7. The zero-order valence-corrected chi connectivity index (χ0v) is 16.7. The van der Waals surface area contributed by atoms with Gasteiger partial charge in [0.15, 0.2) is 0 Å². The van der Waals surface area contributed by atoms with Crippen LogP contribution in [-0.2, 0) is 9.53 Å². The number of para-hydroxylation sites is 1. The van der Waals surface area contributed by atoms with Crippen LogP contribution in [-0.4, -0.2) is 39.8 Å². The highest BCUT2D eigenvalue weighted by atomic mass is 16.5. The van der Waals surface area contributed by atoms with E-state index in [-0.39, 0.29) is 11.8 Å². The Morgan fingerprint density at radius 3 is 2.52 bits per heavy atom. The number of pyridine rings is 1. The molecule has 7 nitrogen and oxygen atoms in total. The van der Waals surface area contributed by atoms with Gasteiger partial charge < -0.3 is 10.1 Å². The molecule has 0 aliphatic carbocycles. The molecule has 0 aliphatic rings. The van der Waals surface area contributed by atoms with Gasteiger partial charge >= 0.3 is 5.97 Å². The molecule has 1 N–H and O–H groups in total. The Morgan fingerprint density at radius 1 is 1.14 bits per heavy atom. The van der Waals surface area contributed by atoms with Gasteiger partial charge in [-0.1, -0.05) is 32.0 Å². The number of rotatable bonds is 7. The van der Waals surface area contributed by atoms with Gasteiger partial charge in [-0.25, -0.2) is 9.48 Å². The first-order valence-electron chi connectivity index (χ1n) is 9.43. The number of hydrogen-bond acceptors (Lipinski definition) is 5. The Bertz CT molecular complexity index is 968. The van der Waals surface area contributed by atoms with Crippen LogP contribution in [0.15, 0.2) is 61.1 Å². The summed E-state index contributed by atoms with van der Waals surface area (Å²) in [5.41, 5.74) is 2.39. The van der Waals surface area contributed by atoms with E-state index in [4.69, 9.17) is 4.74 Å². The fourth-order valence-electron chi connectivity index (χ4n) is 3.03. The molecule has 3 rings (SSSR count). The van der Waals surface area contributed by atoms with Crippen molar-refractivity contribution in [1.29, 1.82) is 0 Å². The largest absolute Gasteiger partial charge is 0.467 e. The molecule has 0 bridgehead atoms. The van der Waals surface area contributed by atoms with E-state index in [0.717, 1.165) is 5.69 Å². The van der Waals surface area contributed by atoms with Crippen molar-refractivity contribution >= 4 is 11.9 Å². The minimum Gasteiger partial charge on any atom is -0.467 e. The summed E-state index contributed by atoms with van der Waals surface area (Å²) >= 11 is 0. The van der Waals surface area contributed by atoms with E-state index in [9.17, 15) is 9.59 Å². The lowest BCUT2D eigenvalue weighted by Gasteiger charge is -2.18. The third-order valence-electron chi connectivity index (χ3n) is 4.41. The first-order chi connectivity index (χ1) is 14.0. The van der Waals surface area contributed by atoms with Gasteiger partial charge in [0.05, 0.1) is 18.4 Å². The number of esters is 1. The number of benzene rings is 1. The average molecular weight is 392 g/mol. The minimum atomic E-state index is -0.727. The molecule has 1 atom stereocenters. The molecule has 2 aromatic heterocycles. The molecule has 0 spiro atoms. The average Bonchev–Trinajstić information content (AvgIpc) is 3.19. The lowest BCUT2D eigenvalue weighted by molar-refractivity contribution is -0.143. The van der Waals surface area contributed by atoms with E-state index in [1.165, 1.54) is 7.11 Å². The fourth-order valence-corrected chi connectivity index (χ4v) is 3.03. The molecule has 150 valence electrons. The summed E-state index contributed by atoms with van der Waals surface area (Å²) in [6.07, 6.45) is 5.46. The van der Waals surface area contributed by atoms with Gasteiger partial charge in [0.2, 0.25) is 0 Å². The summed E-state index contributed by atoms with van der Waals surface area (Å²) in [7, 11) is 1.32. The lowest BCUT2D eigenvalue weighted by Crippen LogP contribution is -2.42. The fraction of sp³-hybridized carbons (Fsp3) is 0.273. The van der Waals surface area contributed by atoms with E-state index in [1.54, 1.807) is 29.3 Å². The second kappa shape index (κ2) is 9.14. The molecule has 0 aliphatic heterocycles. The van der Waals surface area contributed by atoms with Crippen LogP contribution in [0.2, 0.25) is 0 Å². The lowest BCUT2D eigenvalue weighted by atomic mass is 10.0.